The van der Waals surface area contributed by atoms with E-state index in [0.717, 1.165) is 19.3 Å². The van der Waals surface area contributed by atoms with E-state index in [4.69, 9.17) is 10.5 Å². The fourth-order valence-electron chi connectivity index (χ4n) is 2.44. The van der Waals surface area contributed by atoms with Crippen LogP contribution < -0.4 is 5.73 Å². The van der Waals surface area contributed by atoms with E-state index in [1.54, 1.807) is 0 Å². The van der Waals surface area contributed by atoms with Crippen LogP contribution in [0.3, 0.4) is 0 Å². The van der Waals surface area contributed by atoms with Crippen molar-refractivity contribution >= 4 is 6.09 Å². The van der Waals surface area contributed by atoms with E-state index < -0.39 is 11.7 Å². The molecule has 0 aromatic carbocycles. The lowest BCUT2D eigenvalue weighted by atomic mass is 9.80. The average molecular weight is 211 g/mol. The second-order valence-corrected chi connectivity index (χ2v) is 5.10. The number of primary amides is 1. The highest BCUT2D eigenvalue weighted by Gasteiger charge is 2.28. The number of hydrogen-bond acceptors (Lipinski definition) is 2. The molecule has 1 aliphatic carbocycles. The number of rotatable bonds is 3. The largest absolute Gasteiger partial charge is 0.444 e. The number of nitrogens with two attached hydrogens (primary N) is 1. The zero-order valence-corrected chi connectivity index (χ0v) is 9.71. The monoisotopic (exact) mass is 211 g/mol. The van der Waals surface area contributed by atoms with E-state index >= 15 is 0 Å². The summed E-state index contributed by atoms with van der Waals surface area (Å²) in [6, 6.07) is 0. The number of carbonyl (C=O) groups is 1. The molecule has 0 heterocycles. The average Bonchev–Trinajstić information content (AvgIpc) is 1.99. The third kappa shape index (κ3) is 4.36. The van der Waals surface area contributed by atoms with Crippen molar-refractivity contribution in [1.29, 1.82) is 0 Å². The minimum absolute atomic E-state index is 0.450. The molecule has 1 amide bonds. The van der Waals surface area contributed by atoms with Gasteiger partial charge in [0, 0.05) is 0 Å². The van der Waals surface area contributed by atoms with Gasteiger partial charge in [0.2, 0.25) is 0 Å². The number of allylic oxidation sites excluding steroid dienone is 1. The molecule has 15 heavy (non-hydrogen) atoms. The quantitative estimate of drug-likeness (QED) is 0.729. The highest BCUT2D eigenvalue weighted by atomic mass is 16.6. The van der Waals surface area contributed by atoms with Crippen LogP contribution in [-0.4, -0.2) is 11.7 Å². The first-order chi connectivity index (χ1) is 6.89. The van der Waals surface area contributed by atoms with E-state index in [1.807, 2.05) is 13.8 Å². The molecule has 3 heteroatoms. The van der Waals surface area contributed by atoms with E-state index in [0.29, 0.717) is 5.92 Å². The van der Waals surface area contributed by atoms with Crippen molar-refractivity contribution in [1.82, 2.24) is 0 Å². The van der Waals surface area contributed by atoms with Gasteiger partial charge < -0.3 is 10.5 Å². The SMILES string of the molecule is C=C1CCCC(CC(C)(C)OC(N)=O)C1. The second-order valence-electron chi connectivity index (χ2n) is 5.10. The Morgan fingerprint density at radius 2 is 2.33 bits per heavy atom. The summed E-state index contributed by atoms with van der Waals surface area (Å²) in [5.74, 6) is 0.584. The van der Waals surface area contributed by atoms with Crippen LogP contribution in [0.2, 0.25) is 0 Å². The lowest BCUT2D eigenvalue weighted by Gasteiger charge is -2.31. The molecule has 1 saturated carbocycles. The molecule has 0 spiro atoms. The lowest BCUT2D eigenvalue weighted by molar-refractivity contribution is 0.0241. The molecule has 86 valence electrons. The van der Waals surface area contributed by atoms with E-state index in [2.05, 4.69) is 6.58 Å². The standard InChI is InChI=1S/C12H21NO2/c1-9-5-4-6-10(7-9)8-12(2,3)15-11(13)14/h10H,1,4-8H2,2-3H3,(H2,13,14). The Bertz CT molecular complexity index is 258. The Morgan fingerprint density at radius 3 is 2.87 bits per heavy atom. The fourth-order valence-corrected chi connectivity index (χ4v) is 2.44. The van der Waals surface area contributed by atoms with Gasteiger partial charge in [-0.2, -0.15) is 0 Å². The maximum absolute atomic E-state index is 10.7. The summed E-state index contributed by atoms with van der Waals surface area (Å²) in [5.41, 5.74) is 5.90. The Kier molecular flexibility index (Phi) is 3.77. The van der Waals surface area contributed by atoms with Crippen molar-refractivity contribution in [3.05, 3.63) is 12.2 Å². The molecule has 3 nitrogen and oxygen atoms in total. The summed E-state index contributed by atoms with van der Waals surface area (Å²) in [7, 11) is 0. The Labute approximate surface area is 91.7 Å². The van der Waals surface area contributed by atoms with Gasteiger partial charge in [-0.1, -0.05) is 12.2 Å². The van der Waals surface area contributed by atoms with Crippen LogP contribution in [0.25, 0.3) is 0 Å². The van der Waals surface area contributed by atoms with Gasteiger partial charge in [0.25, 0.3) is 0 Å². The molecular formula is C12H21NO2. The van der Waals surface area contributed by atoms with Gasteiger partial charge in [-0.25, -0.2) is 4.79 Å². The van der Waals surface area contributed by atoms with Crippen LogP contribution in [-0.2, 0) is 4.74 Å². The third-order valence-electron chi connectivity index (χ3n) is 2.88. The molecule has 1 rings (SSSR count). The molecule has 0 aliphatic heterocycles. The predicted molar refractivity (Wildman–Crippen MR) is 60.5 cm³/mol. The number of carbonyl (C=O) groups excluding carboxylic acids is 1. The Balaban J connectivity index is 2.45. The zero-order valence-electron chi connectivity index (χ0n) is 9.71. The Hall–Kier alpha value is -0.990. The molecular weight excluding hydrogens is 190 g/mol. The highest BCUT2D eigenvalue weighted by molar-refractivity contribution is 5.65. The predicted octanol–water partition coefficient (Wildman–Crippen LogP) is 3.00. The van der Waals surface area contributed by atoms with Crippen molar-refractivity contribution in [2.24, 2.45) is 11.7 Å². The van der Waals surface area contributed by atoms with Crippen LogP contribution in [0, 0.1) is 5.92 Å². The van der Waals surface area contributed by atoms with Crippen molar-refractivity contribution in [2.75, 3.05) is 0 Å². The van der Waals surface area contributed by atoms with Gasteiger partial charge in [0.05, 0.1) is 0 Å². The summed E-state index contributed by atoms with van der Waals surface area (Å²) in [5, 5.41) is 0. The first-order valence-electron chi connectivity index (χ1n) is 5.54. The second kappa shape index (κ2) is 4.69. The van der Waals surface area contributed by atoms with E-state index in [1.165, 1.54) is 18.4 Å². The van der Waals surface area contributed by atoms with Gasteiger partial charge in [-0.05, 0) is 51.9 Å². The molecule has 0 aromatic heterocycles. The molecule has 0 saturated heterocycles. The molecule has 1 unspecified atom stereocenters. The number of ether oxygens (including phenoxy) is 1. The van der Waals surface area contributed by atoms with Gasteiger partial charge in [-0.3, -0.25) is 0 Å². The minimum Gasteiger partial charge on any atom is -0.444 e. The van der Waals surface area contributed by atoms with E-state index in [-0.39, 0.29) is 0 Å². The molecule has 0 aromatic rings. The third-order valence-corrected chi connectivity index (χ3v) is 2.88. The summed E-state index contributed by atoms with van der Waals surface area (Å²) < 4.78 is 5.08. The molecule has 2 N–H and O–H groups in total. The summed E-state index contributed by atoms with van der Waals surface area (Å²) in [6.07, 6.45) is 4.80. The Morgan fingerprint density at radius 1 is 1.67 bits per heavy atom. The molecule has 1 aliphatic rings. The van der Waals surface area contributed by atoms with Crippen LogP contribution in [0.4, 0.5) is 4.79 Å². The molecule has 1 fully saturated rings. The smallest absolute Gasteiger partial charge is 0.405 e. The topological polar surface area (TPSA) is 52.3 Å². The fraction of sp³-hybridized carbons (Fsp3) is 0.750. The van der Waals surface area contributed by atoms with Crippen molar-refractivity contribution in [2.45, 2.75) is 51.6 Å². The van der Waals surface area contributed by atoms with Gasteiger partial charge in [-0.15, -0.1) is 0 Å². The first kappa shape index (κ1) is 12.1. The highest BCUT2D eigenvalue weighted by Crippen LogP contribution is 2.33. The lowest BCUT2D eigenvalue weighted by Crippen LogP contribution is -2.33. The summed E-state index contributed by atoms with van der Waals surface area (Å²) >= 11 is 0. The maximum atomic E-state index is 10.7. The van der Waals surface area contributed by atoms with Crippen LogP contribution in [0.5, 0.6) is 0 Å². The van der Waals surface area contributed by atoms with Gasteiger partial charge >= 0.3 is 6.09 Å². The summed E-state index contributed by atoms with van der Waals surface area (Å²) in [6.45, 7) is 7.85. The normalized spacial score (nSPS) is 22.5. The van der Waals surface area contributed by atoms with Crippen molar-refractivity contribution in [3.63, 3.8) is 0 Å². The van der Waals surface area contributed by atoms with Crippen LogP contribution >= 0.6 is 0 Å². The van der Waals surface area contributed by atoms with Crippen molar-refractivity contribution < 1.29 is 9.53 Å². The van der Waals surface area contributed by atoms with Gasteiger partial charge in [0.15, 0.2) is 0 Å². The number of amides is 1. The first-order valence-corrected chi connectivity index (χ1v) is 5.54. The molecule has 1 atom stereocenters. The van der Waals surface area contributed by atoms with Crippen molar-refractivity contribution in [3.8, 4) is 0 Å². The van der Waals surface area contributed by atoms with Crippen LogP contribution in [0.1, 0.15) is 46.0 Å². The molecule has 0 radical (unpaired) electrons. The number of hydrogen-bond donors (Lipinski definition) is 1. The maximum Gasteiger partial charge on any atom is 0.405 e. The zero-order chi connectivity index (χ0) is 11.5. The van der Waals surface area contributed by atoms with Crippen LogP contribution in [0.15, 0.2) is 12.2 Å². The van der Waals surface area contributed by atoms with E-state index in [9.17, 15) is 4.79 Å². The van der Waals surface area contributed by atoms with Gasteiger partial charge in [0.1, 0.15) is 5.60 Å². The minimum atomic E-state index is -0.686. The summed E-state index contributed by atoms with van der Waals surface area (Å²) in [4.78, 5) is 10.7. The molecule has 0 bridgehead atoms.